The second-order valence-corrected chi connectivity index (χ2v) is 9.86. The number of guanidine groups is 1. The molecule has 0 aromatic carbocycles. The molecule has 2 aliphatic heterocycles. The molecule has 3 rings (SSSR count). The molecule has 2 N–H and O–H groups in total. The summed E-state index contributed by atoms with van der Waals surface area (Å²) in [5.41, 5.74) is 1.25. The minimum Gasteiger partial charge on any atom is -0.356 e. The minimum absolute atomic E-state index is 0.732. The van der Waals surface area contributed by atoms with Crippen molar-refractivity contribution >= 4 is 17.3 Å². The van der Waals surface area contributed by atoms with Gasteiger partial charge < -0.3 is 15.5 Å². The summed E-state index contributed by atoms with van der Waals surface area (Å²) in [4.78, 5) is 14.3. The zero-order chi connectivity index (χ0) is 21.2. The molecule has 7 heteroatoms. The van der Waals surface area contributed by atoms with E-state index in [1.165, 1.54) is 75.4 Å². The third kappa shape index (κ3) is 7.50. The largest absolute Gasteiger partial charge is 0.356 e. The first-order valence-corrected chi connectivity index (χ1v) is 12.9. The summed E-state index contributed by atoms with van der Waals surface area (Å²) in [6.45, 7) is 12.4. The van der Waals surface area contributed by atoms with Crippen LogP contribution >= 0.6 is 11.3 Å². The highest BCUT2D eigenvalue weighted by atomic mass is 32.1. The lowest BCUT2D eigenvalue weighted by molar-refractivity contribution is 0.159. The fourth-order valence-electron chi connectivity index (χ4n) is 4.60. The molecule has 170 valence electrons. The summed E-state index contributed by atoms with van der Waals surface area (Å²) < 4.78 is 0. The number of thiazole rings is 1. The number of rotatable bonds is 9. The van der Waals surface area contributed by atoms with E-state index in [9.17, 15) is 0 Å². The molecule has 1 atom stereocenters. The third-order valence-electron chi connectivity index (χ3n) is 6.63. The fourth-order valence-corrected chi connectivity index (χ4v) is 5.34. The Morgan fingerprint density at radius 3 is 2.73 bits per heavy atom. The average Bonchev–Trinajstić information content (AvgIpc) is 3.23. The predicted octanol–water partition coefficient (Wildman–Crippen LogP) is 3.35. The van der Waals surface area contributed by atoms with Crippen molar-refractivity contribution < 1.29 is 0 Å². The Balaban J connectivity index is 1.27. The van der Waals surface area contributed by atoms with Gasteiger partial charge in [-0.15, -0.1) is 11.3 Å². The molecule has 0 aliphatic carbocycles. The average molecular weight is 435 g/mol. The van der Waals surface area contributed by atoms with Crippen molar-refractivity contribution in [1.29, 1.82) is 0 Å². The van der Waals surface area contributed by atoms with Gasteiger partial charge in [0.2, 0.25) is 0 Å². The highest BCUT2D eigenvalue weighted by molar-refractivity contribution is 7.09. The Labute approximate surface area is 187 Å². The predicted molar refractivity (Wildman–Crippen MR) is 128 cm³/mol. The second kappa shape index (κ2) is 12.6. The van der Waals surface area contributed by atoms with E-state index >= 15 is 0 Å². The molecule has 3 heterocycles. The summed E-state index contributed by atoms with van der Waals surface area (Å²) >= 11 is 1.80. The van der Waals surface area contributed by atoms with Gasteiger partial charge in [-0.1, -0.05) is 13.3 Å². The number of nitrogens with zero attached hydrogens (tertiary/aromatic N) is 4. The monoisotopic (exact) mass is 434 g/mol. The molecule has 2 fully saturated rings. The maximum atomic E-state index is 4.72. The SMILES string of the molecule is CCc1nc(CN2CCC(CNC(=NC)NCCCN3CCCCC3C)CC2)cs1. The second-order valence-electron chi connectivity index (χ2n) is 8.92. The summed E-state index contributed by atoms with van der Waals surface area (Å²) in [5.74, 6) is 1.69. The smallest absolute Gasteiger partial charge is 0.190 e. The Kier molecular flexibility index (Phi) is 9.88. The van der Waals surface area contributed by atoms with Gasteiger partial charge in [0.15, 0.2) is 5.96 Å². The van der Waals surface area contributed by atoms with Crippen LogP contribution in [0.25, 0.3) is 0 Å². The molecule has 30 heavy (non-hydrogen) atoms. The van der Waals surface area contributed by atoms with E-state index < -0.39 is 0 Å². The Bertz CT molecular complexity index is 637. The Morgan fingerprint density at radius 1 is 1.20 bits per heavy atom. The van der Waals surface area contributed by atoms with E-state index in [4.69, 9.17) is 4.98 Å². The van der Waals surface area contributed by atoms with Crippen LogP contribution in [0.2, 0.25) is 0 Å². The Hall–Kier alpha value is -1.18. The molecule has 0 spiro atoms. The molecule has 6 nitrogen and oxygen atoms in total. The molecule has 2 aliphatic rings. The zero-order valence-corrected chi connectivity index (χ0v) is 20.1. The first kappa shape index (κ1) is 23.5. The molecular weight excluding hydrogens is 392 g/mol. The van der Waals surface area contributed by atoms with Crippen molar-refractivity contribution in [3.8, 4) is 0 Å². The number of piperidine rings is 2. The summed E-state index contributed by atoms with van der Waals surface area (Å²) in [6, 6.07) is 0.756. The van der Waals surface area contributed by atoms with E-state index in [-0.39, 0.29) is 0 Å². The van der Waals surface area contributed by atoms with Gasteiger partial charge in [0.1, 0.15) is 0 Å². The van der Waals surface area contributed by atoms with Crippen LogP contribution in [0.3, 0.4) is 0 Å². The van der Waals surface area contributed by atoms with Gasteiger partial charge in [0, 0.05) is 44.6 Å². The molecule has 2 saturated heterocycles. The molecule has 0 saturated carbocycles. The lowest BCUT2D eigenvalue weighted by Crippen LogP contribution is -2.44. The van der Waals surface area contributed by atoms with Crippen molar-refractivity contribution in [2.45, 2.75) is 71.4 Å². The molecule has 1 aromatic rings. The number of aryl methyl sites for hydroxylation is 1. The lowest BCUT2D eigenvalue weighted by atomic mass is 9.97. The zero-order valence-electron chi connectivity index (χ0n) is 19.3. The van der Waals surface area contributed by atoms with Crippen LogP contribution in [0.15, 0.2) is 10.4 Å². The van der Waals surface area contributed by atoms with Crippen LogP contribution < -0.4 is 10.6 Å². The molecule has 1 aromatic heterocycles. The van der Waals surface area contributed by atoms with Gasteiger partial charge in [-0.2, -0.15) is 0 Å². The van der Waals surface area contributed by atoms with Gasteiger partial charge in [0.25, 0.3) is 0 Å². The topological polar surface area (TPSA) is 55.8 Å². The first-order valence-electron chi connectivity index (χ1n) is 12.0. The van der Waals surface area contributed by atoms with E-state index in [1.54, 1.807) is 11.3 Å². The maximum absolute atomic E-state index is 4.72. The van der Waals surface area contributed by atoms with Crippen LogP contribution in [-0.2, 0) is 13.0 Å². The number of likely N-dealkylation sites (tertiary alicyclic amines) is 2. The standard InChI is InChI=1S/C23H42N6S/c1-4-22-27-21(18-30-22)17-28-14-9-20(10-15-28)16-26-23(24-3)25-11-7-13-29-12-6-5-8-19(29)2/h18-20H,4-17H2,1-3H3,(H2,24,25,26). The third-order valence-corrected chi connectivity index (χ3v) is 7.67. The lowest BCUT2D eigenvalue weighted by Gasteiger charge is -2.33. The van der Waals surface area contributed by atoms with E-state index in [0.717, 1.165) is 44.0 Å². The number of aromatic nitrogens is 1. The van der Waals surface area contributed by atoms with Gasteiger partial charge >= 0.3 is 0 Å². The van der Waals surface area contributed by atoms with Crippen LogP contribution in [0.5, 0.6) is 0 Å². The van der Waals surface area contributed by atoms with Crippen LogP contribution in [-0.4, -0.2) is 73.1 Å². The number of nitrogens with one attached hydrogen (secondary N) is 2. The van der Waals surface area contributed by atoms with Crippen molar-refractivity contribution in [3.63, 3.8) is 0 Å². The summed E-state index contributed by atoms with van der Waals surface area (Å²) in [6.07, 6.45) is 8.85. The van der Waals surface area contributed by atoms with E-state index in [2.05, 4.69) is 44.7 Å². The van der Waals surface area contributed by atoms with Gasteiger partial charge in [0.05, 0.1) is 10.7 Å². The summed E-state index contributed by atoms with van der Waals surface area (Å²) in [7, 11) is 1.88. The molecule has 0 radical (unpaired) electrons. The van der Waals surface area contributed by atoms with Crippen molar-refractivity contribution in [2.75, 3.05) is 46.3 Å². The van der Waals surface area contributed by atoms with Crippen LogP contribution in [0.1, 0.15) is 63.1 Å². The quantitative estimate of drug-likeness (QED) is 0.355. The number of hydrogen-bond donors (Lipinski definition) is 2. The van der Waals surface area contributed by atoms with Crippen molar-refractivity contribution in [3.05, 3.63) is 16.1 Å². The van der Waals surface area contributed by atoms with E-state index in [1.807, 2.05) is 7.05 Å². The molecule has 1 unspecified atom stereocenters. The van der Waals surface area contributed by atoms with Crippen molar-refractivity contribution in [2.24, 2.45) is 10.9 Å². The summed E-state index contributed by atoms with van der Waals surface area (Å²) in [5, 5.41) is 10.6. The highest BCUT2D eigenvalue weighted by Gasteiger charge is 2.20. The van der Waals surface area contributed by atoms with Crippen LogP contribution in [0.4, 0.5) is 0 Å². The normalized spacial score (nSPS) is 22.4. The molecule has 0 amide bonds. The van der Waals surface area contributed by atoms with E-state index in [0.29, 0.717) is 0 Å². The minimum atomic E-state index is 0.732. The number of aliphatic imine (C=N–C) groups is 1. The van der Waals surface area contributed by atoms with Gasteiger partial charge in [-0.05, 0) is 71.0 Å². The molecule has 0 bridgehead atoms. The highest BCUT2D eigenvalue weighted by Crippen LogP contribution is 2.20. The first-order chi connectivity index (χ1) is 14.7. The number of hydrogen-bond acceptors (Lipinski definition) is 5. The van der Waals surface area contributed by atoms with Gasteiger partial charge in [-0.25, -0.2) is 4.98 Å². The van der Waals surface area contributed by atoms with Crippen LogP contribution in [0, 0.1) is 5.92 Å². The Morgan fingerprint density at radius 2 is 2.03 bits per heavy atom. The maximum Gasteiger partial charge on any atom is 0.190 e. The van der Waals surface area contributed by atoms with Gasteiger partial charge in [-0.3, -0.25) is 9.89 Å². The fraction of sp³-hybridized carbons (Fsp3) is 0.826. The van der Waals surface area contributed by atoms with Crippen molar-refractivity contribution in [1.82, 2.24) is 25.4 Å². The molecular formula is C23H42N6S.